The van der Waals surface area contributed by atoms with E-state index in [1.54, 1.807) is 6.92 Å². The van der Waals surface area contributed by atoms with Crippen LogP contribution in [0.15, 0.2) is 12.1 Å². The Morgan fingerprint density at radius 1 is 1.26 bits per heavy atom. The van der Waals surface area contributed by atoms with Crippen LogP contribution in [0.3, 0.4) is 0 Å². The van der Waals surface area contributed by atoms with E-state index in [-0.39, 0.29) is 28.3 Å². The van der Waals surface area contributed by atoms with Crippen LogP contribution in [0.25, 0.3) is 0 Å². The third kappa shape index (κ3) is 2.84. The zero-order valence-electron chi connectivity index (χ0n) is 14.2. The van der Waals surface area contributed by atoms with E-state index in [2.05, 4.69) is 25.8 Å². The van der Waals surface area contributed by atoms with Gasteiger partial charge in [-0.2, -0.15) is 0 Å². The lowest BCUT2D eigenvalue weighted by atomic mass is 9.65. The molecule has 23 heavy (non-hydrogen) atoms. The van der Waals surface area contributed by atoms with Gasteiger partial charge in [0.25, 0.3) is 5.91 Å². The quantitative estimate of drug-likeness (QED) is 0.910. The minimum absolute atomic E-state index is 0.0727. The van der Waals surface area contributed by atoms with Gasteiger partial charge in [0.15, 0.2) is 0 Å². The SMILES string of the molecule is Cc1nc(C(=O)N2CC3(C)CC2CC(C)(C)C3)ccc1C(=O)O. The monoisotopic (exact) mass is 316 g/mol. The van der Waals surface area contributed by atoms with E-state index in [1.165, 1.54) is 12.1 Å². The van der Waals surface area contributed by atoms with Crippen molar-refractivity contribution in [2.45, 2.75) is 53.0 Å². The van der Waals surface area contributed by atoms with Crippen molar-refractivity contribution in [2.24, 2.45) is 10.8 Å². The Bertz CT molecular complexity index is 683. The Balaban J connectivity index is 1.87. The molecule has 2 fully saturated rings. The predicted molar refractivity (Wildman–Crippen MR) is 86.5 cm³/mol. The highest BCUT2D eigenvalue weighted by Crippen LogP contribution is 2.52. The fraction of sp³-hybridized carbons (Fsp3) is 0.611. The number of aromatic carboxylic acids is 1. The molecule has 1 aliphatic carbocycles. The summed E-state index contributed by atoms with van der Waals surface area (Å²) in [6.45, 7) is 9.21. The van der Waals surface area contributed by atoms with Gasteiger partial charge < -0.3 is 10.0 Å². The van der Waals surface area contributed by atoms with Gasteiger partial charge in [0.05, 0.1) is 11.3 Å². The van der Waals surface area contributed by atoms with Gasteiger partial charge in [0.1, 0.15) is 5.69 Å². The van der Waals surface area contributed by atoms with Crippen LogP contribution in [0, 0.1) is 17.8 Å². The van der Waals surface area contributed by atoms with Gasteiger partial charge in [-0.15, -0.1) is 0 Å². The summed E-state index contributed by atoms with van der Waals surface area (Å²) in [5.74, 6) is -1.09. The van der Waals surface area contributed by atoms with Crippen molar-refractivity contribution in [3.05, 3.63) is 29.1 Å². The van der Waals surface area contributed by atoms with E-state index >= 15 is 0 Å². The molecule has 124 valence electrons. The lowest BCUT2D eigenvalue weighted by Gasteiger charge is -2.39. The molecular weight excluding hydrogens is 292 g/mol. The Kier molecular flexibility index (Phi) is 3.50. The molecule has 0 radical (unpaired) electrons. The zero-order chi connectivity index (χ0) is 17.0. The summed E-state index contributed by atoms with van der Waals surface area (Å²) < 4.78 is 0. The first-order valence-electron chi connectivity index (χ1n) is 8.12. The number of hydrogen-bond donors (Lipinski definition) is 1. The number of fused-ring (bicyclic) bond motifs is 2. The van der Waals surface area contributed by atoms with Crippen LogP contribution < -0.4 is 0 Å². The number of hydrogen-bond acceptors (Lipinski definition) is 3. The predicted octanol–water partition coefficient (Wildman–Crippen LogP) is 3.13. The molecule has 3 rings (SSSR count). The largest absolute Gasteiger partial charge is 0.478 e. The molecule has 2 atom stereocenters. The van der Waals surface area contributed by atoms with Gasteiger partial charge in [-0.25, -0.2) is 9.78 Å². The van der Waals surface area contributed by atoms with Gasteiger partial charge in [0, 0.05) is 12.6 Å². The molecule has 1 aliphatic heterocycles. The molecule has 1 saturated carbocycles. The van der Waals surface area contributed by atoms with E-state index in [0.717, 1.165) is 25.8 Å². The molecule has 1 saturated heterocycles. The number of nitrogens with zero attached hydrogens (tertiary/aromatic N) is 2. The van der Waals surface area contributed by atoms with Crippen LogP contribution in [0.5, 0.6) is 0 Å². The van der Waals surface area contributed by atoms with E-state index in [1.807, 2.05) is 4.90 Å². The van der Waals surface area contributed by atoms with Crippen molar-refractivity contribution in [1.82, 2.24) is 9.88 Å². The maximum absolute atomic E-state index is 12.9. The first-order chi connectivity index (χ1) is 10.6. The van der Waals surface area contributed by atoms with E-state index in [0.29, 0.717) is 11.4 Å². The Morgan fingerprint density at radius 2 is 1.96 bits per heavy atom. The van der Waals surface area contributed by atoms with Gasteiger partial charge in [-0.3, -0.25) is 4.79 Å². The van der Waals surface area contributed by atoms with Crippen molar-refractivity contribution in [2.75, 3.05) is 6.54 Å². The average molecular weight is 316 g/mol. The fourth-order valence-electron chi connectivity index (χ4n) is 4.75. The van der Waals surface area contributed by atoms with Crippen LogP contribution in [0.4, 0.5) is 0 Å². The van der Waals surface area contributed by atoms with Gasteiger partial charge in [0.2, 0.25) is 0 Å². The smallest absolute Gasteiger partial charge is 0.337 e. The van der Waals surface area contributed by atoms with Gasteiger partial charge in [-0.1, -0.05) is 20.8 Å². The summed E-state index contributed by atoms with van der Waals surface area (Å²) in [5, 5.41) is 9.09. The standard InChI is InChI=1S/C18H24N2O3/c1-11-13(16(22)23)5-6-14(19-11)15(21)20-10-18(4)8-12(20)7-17(2,3)9-18/h5-6,12H,7-10H2,1-4H3,(H,22,23). The maximum atomic E-state index is 12.9. The summed E-state index contributed by atoms with van der Waals surface area (Å²) in [6.07, 6.45) is 3.19. The molecule has 2 heterocycles. The minimum atomic E-state index is -1.01. The number of carboxylic acids is 1. The zero-order valence-corrected chi connectivity index (χ0v) is 14.2. The number of carbonyl (C=O) groups excluding carboxylic acids is 1. The molecule has 2 aliphatic rings. The van der Waals surface area contributed by atoms with Crippen molar-refractivity contribution < 1.29 is 14.7 Å². The molecular formula is C18H24N2O3. The highest BCUT2D eigenvalue weighted by atomic mass is 16.4. The molecule has 1 aromatic rings. The highest BCUT2D eigenvalue weighted by Gasteiger charge is 2.51. The van der Waals surface area contributed by atoms with Crippen LogP contribution in [-0.2, 0) is 0 Å². The van der Waals surface area contributed by atoms with Crippen molar-refractivity contribution >= 4 is 11.9 Å². The molecule has 1 amide bonds. The number of rotatable bonds is 2. The second kappa shape index (κ2) is 5.05. The lowest BCUT2D eigenvalue weighted by molar-refractivity contribution is 0.0682. The third-order valence-electron chi connectivity index (χ3n) is 5.21. The molecule has 0 aromatic carbocycles. The van der Waals surface area contributed by atoms with E-state index in [9.17, 15) is 9.59 Å². The summed E-state index contributed by atoms with van der Waals surface area (Å²) in [6, 6.07) is 3.28. The fourth-order valence-corrected chi connectivity index (χ4v) is 4.75. The molecule has 1 N–H and O–H groups in total. The number of carbonyl (C=O) groups is 2. The molecule has 2 unspecified atom stereocenters. The number of likely N-dealkylation sites (tertiary alicyclic amines) is 1. The number of aromatic nitrogens is 1. The number of pyridine rings is 1. The second-order valence-electron chi connectivity index (χ2n) is 8.28. The van der Waals surface area contributed by atoms with Crippen LogP contribution >= 0.6 is 0 Å². The van der Waals surface area contributed by atoms with E-state index in [4.69, 9.17) is 5.11 Å². The van der Waals surface area contributed by atoms with Gasteiger partial charge in [-0.05, 0) is 49.1 Å². The Morgan fingerprint density at radius 3 is 2.57 bits per heavy atom. The summed E-state index contributed by atoms with van der Waals surface area (Å²) in [4.78, 5) is 30.2. The summed E-state index contributed by atoms with van der Waals surface area (Å²) in [5.41, 5.74) is 1.31. The lowest BCUT2D eigenvalue weighted by Crippen LogP contribution is -2.38. The first kappa shape index (κ1) is 16.0. The number of carboxylic acid groups (broad SMARTS) is 1. The van der Waals surface area contributed by atoms with Crippen molar-refractivity contribution in [3.8, 4) is 0 Å². The van der Waals surface area contributed by atoms with E-state index < -0.39 is 5.97 Å². The molecule has 2 bridgehead atoms. The highest BCUT2D eigenvalue weighted by molar-refractivity contribution is 5.94. The molecule has 5 nitrogen and oxygen atoms in total. The molecule has 1 aromatic heterocycles. The maximum Gasteiger partial charge on any atom is 0.337 e. The van der Waals surface area contributed by atoms with Crippen molar-refractivity contribution in [1.29, 1.82) is 0 Å². The van der Waals surface area contributed by atoms with Crippen molar-refractivity contribution in [3.63, 3.8) is 0 Å². The van der Waals surface area contributed by atoms with Crippen LogP contribution in [0.2, 0.25) is 0 Å². The Hall–Kier alpha value is -1.91. The molecule has 0 spiro atoms. The summed E-state index contributed by atoms with van der Waals surface area (Å²) in [7, 11) is 0. The number of amides is 1. The normalized spacial score (nSPS) is 28.7. The number of aryl methyl sites for hydroxylation is 1. The third-order valence-corrected chi connectivity index (χ3v) is 5.21. The van der Waals surface area contributed by atoms with Gasteiger partial charge >= 0.3 is 5.97 Å². The topological polar surface area (TPSA) is 70.5 Å². The second-order valence-corrected chi connectivity index (χ2v) is 8.28. The van der Waals surface area contributed by atoms with Crippen LogP contribution in [-0.4, -0.2) is 39.5 Å². The Labute approximate surface area is 136 Å². The minimum Gasteiger partial charge on any atom is -0.478 e. The average Bonchev–Trinajstić information content (AvgIpc) is 2.66. The molecule has 5 heteroatoms. The first-order valence-corrected chi connectivity index (χ1v) is 8.12. The van der Waals surface area contributed by atoms with Crippen LogP contribution in [0.1, 0.15) is 66.6 Å². The summed E-state index contributed by atoms with van der Waals surface area (Å²) >= 11 is 0.